The maximum Gasteiger partial charge on any atom is 0.308 e. The van der Waals surface area contributed by atoms with E-state index >= 15 is 0 Å². The minimum absolute atomic E-state index is 0.0794. The maximum atomic E-state index is 11.1. The van der Waals surface area contributed by atoms with Crippen LogP contribution in [-0.4, -0.2) is 23.5 Å². The summed E-state index contributed by atoms with van der Waals surface area (Å²) in [5, 5.41) is 11.7. The molecule has 1 amide bonds. The fourth-order valence-electron chi connectivity index (χ4n) is 1.85. The average Bonchev–Trinajstić information content (AvgIpc) is 2.36. The molecule has 18 heavy (non-hydrogen) atoms. The van der Waals surface area contributed by atoms with Gasteiger partial charge in [0.2, 0.25) is 5.91 Å². The van der Waals surface area contributed by atoms with Gasteiger partial charge >= 0.3 is 5.97 Å². The monoisotopic (exact) mass is 257 g/mol. The van der Waals surface area contributed by atoms with E-state index in [0.29, 0.717) is 12.8 Å². The van der Waals surface area contributed by atoms with Gasteiger partial charge in [-0.3, -0.25) is 9.59 Å². The van der Waals surface area contributed by atoms with E-state index in [1.165, 1.54) is 25.7 Å². The van der Waals surface area contributed by atoms with E-state index in [4.69, 9.17) is 5.11 Å². The Labute approximate surface area is 110 Å². The standard InChI is InChI=1S/C14H27NO3/c1-3-5-6-7-8-9-10-12(14(17)18)11-15-13(16)4-2/h12H,3-11H2,1-2H3,(H,15,16)(H,17,18). The van der Waals surface area contributed by atoms with Crippen molar-refractivity contribution in [3.63, 3.8) is 0 Å². The summed E-state index contributed by atoms with van der Waals surface area (Å²) in [5.74, 6) is -1.32. The highest BCUT2D eigenvalue weighted by atomic mass is 16.4. The molecule has 4 nitrogen and oxygen atoms in total. The molecular formula is C14H27NO3. The summed E-state index contributed by atoms with van der Waals surface area (Å²) in [6, 6.07) is 0. The molecule has 106 valence electrons. The number of aliphatic carboxylic acids is 1. The first-order chi connectivity index (χ1) is 8.61. The van der Waals surface area contributed by atoms with Gasteiger partial charge in [0.15, 0.2) is 0 Å². The Bertz CT molecular complexity index is 241. The van der Waals surface area contributed by atoms with E-state index in [2.05, 4.69) is 12.2 Å². The summed E-state index contributed by atoms with van der Waals surface area (Å²) in [7, 11) is 0. The zero-order valence-electron chi connectivity index (χ0n) is 11.7. The number of carboxylic acid groups (broad SMARTS) is 1. The highest BCUT2D eigenvalue weighted by Gasteiger charge is 2.17. The van der Waals surface area contributed by atoms with Crippen LogP contribution in [0.25, 0.3) is 0 Å². The van der Waals surface area contributed by atoms with Gasteiger partial charge in [0, 0.05) is 13.0 Å². The molecule has 0 heterocycles. The predicted octanol–water partition coefficient (Wildman–Crippen LogP) is 2.96. The van der Waals surface area contributed by atoms with E-state index in [-0.39, 0.29) is 12.5 Å². The number of nitrogens with one attached hydrogen (secondary N) is 1. The van der Waals surface area contributed by atoms with Gasteiger partial charge in [0.1, 0.15) is 0 Å². The van der Waals surface area contributed by atoms with Crippen LogP contribution in [0.2, 0.25) is 0 Å². The van der Waals surface area contributed by atoms with Crippen LogP contribution in [0, 0.1) is 5.92 Å². The van der Waals surface area contributed by atoms with Crippen LogP contribution >= 0.6 is 0 Å². The third-order valence-electron chi connectivity index (χ3n) is 3.12. The lowest BCUT2D eigenvalue weighted by Crippen LogP contribution is -2.32. The molecular weight excluding hydrogens is 230 g/mol. The van der Waals surface area contributed by atoms with Gasteiger partial charge in [-0.2, -0.15) is 0 Å². The zero-order valence-corrected chi connectivity index (χ0v) is 11.7. The summed E-state index contributed by atoms with van der Waals surface area (Å²) in [5.41, 5.74) is 0. The fraction of sp³-hybridized carbons (Fsp3) is 0.857. The van der Waals surface area contributed by atoms with Crippen molar-refractivity contribution in [2.45, 2.75) is 65.2 Å². The van der Waals surface area contributed by atoms with E-state index < -0.39 is 11.9 Å². The molecule has 0 radical (unpaired) electrons. The van der Waals surface area contributed by atoms with Gasteiger partial charge in [0.05, 0.1) is 5.92 Å². The molecule has 0 saturated carbocycles. The van der Waals surface area contributed by atoms with Crippen molar-refractivity contribution in [2.24, 2.45) is 5.92 Å². The highest BCUT2D eigenvalue weighted by Crippen LogP contribution is 2.12. The lowest BCUT2D eigenvalue weighted by Gasteiger charge is -2.12. The van der Waals surface area contributed by atoms with Crippen molar-refractivity contribution in [1.82, 2.24) is 5.32 Å². The number of carbonyl (C=O) groups is 2. The minimum atomic E-state index is -0.806. The molecule has 0 bridgehead atoms. The molecule has 0 rings (SSSR count). The Morgan fingerprint density at radius 1 is 1.06 bits per heavy atom. The number of carbonyl (C=O) groups excluding carboxylic acids is 1. The van der Waals surface area contributed by atoms with Crippen LogP contribution in [-0.2, 0) is 9.59 Å². The predicted molar refractivity (Wildman–Crippen MR) is 72.4 cm³/mol. The first kappa shape index (κ1) is 16.9. The molecule has 0 aromatic rings. The van der Waals surface area contributed by atoms with Gasteiger partial charge < -0.3 is 10.4 Å². The molecule has 1 atom stereocenters. The number of hydrogen-bond acceptors (Lipinski definition) is 2. The molecule has 0 aliphatic heterocycles. The number of unbranched alkanes of at least 4 members (excludes halogenated alkanes) is 5. The lowest BCUT2D eigenvalue weighted by molar-refractivity contribution is -0.142. The van der Waals surface area contributed by atoms with E-state index in [0.717, 1.165) is 12.8 Å². The zero-order chi connectivity index (χ0) is 13.8. The molecule has 0 aromatic carbocycles. The number of rotatable bonds is 11. The normalized spacial score (nSPS) is 12.1. The molecule has 0 spiro atoms. The molecule has 0 aliphatic rings. The van der Waals surface area contributed by atoms with Crippen molar-refractivity contribution >= 4 is 11.9 Å². The van der Waals surface area contributed by atoms with Crippen LogP contribution < -0.4 is 5.32 Å². The van der Waals surface area contributed by atoms with Crippen molar-refractivity contribution in [2.75, 3.05) is 6.54 Å². The Balaban J connectivity index is 3.70. The van der Waals surface area contributed by atoms with Gasteiger partial charge in [-0.1, -0.05) is 52.4 Å². The van der Waals surface area contributed by atoms with Gasteiger partial charge in [-0.15, -0.1) is 0 Å². The minimum Gasteiger partial charge on any atom is -0.481 e. The quantitative estimate of drug-likeness (QED) is 0.559. The second-order valence-corrected chi connectivity index (χ2v) is 4.75. The van der Waals surface area contributed by atoms with Crippen molar-refractivity contribution in [3.8, 4) is 0 Å². The molecule has 0 aromatic heterocycles. The summed E-state index contributed by atoms with van der Waals surface area (Å²) < 4.78 is 0. The smallest absolute Gasteiger partial charge is 0.308 e. The first-order valence-electron chi connectivity index (χ1n) is 7.11. The third-order valence-corrected chi connectivity index (χ3v) is 3.12. The second-order valence-electron chi connectivity index (χ2n) is 4.75. The topological polar surface area (TPSA) is 66.4 Å². The van der Waals surface area contributed by atoms with E-state index in [9.17, 15) is 9.59 Å². The van der Waals surface area contributed by atoms with Crippen molar-refractivity contribution in [3.05, 3.63) is 0 Å². The van der Waals surface area contributed by atoms with Crippen LogP contribution in [0.3, 0.4) is 0 Å². The molecule has 0 fully saturated rings. The number of hydrogen-bond donors (Lipinski definition) is 2. The van der Waals surface area contributed by atoms with Crippen LogP contribution in [0.5, 0.6) is 0 Å². The largest absolute Gasteiger partial charge is 0.481 e. The molecule has 1 unspecified atom stereocenters. The van der Waals surface area contributed by atoms with Gasteiger partial charge in [-0.25, -0.2) is 0 Å². The van der Waals surface area contributed by atoms with E-state index in [1.807, 2.05) is 0 Å². The summed E-state index contributed by atoms with van der Waals surface area (Å²) in [4.78, 5) is 22.1. The van der Waals surface area contributed by atoms with Crippen LogP contribution in [0.4, 0.5) is 0 Å². The van der Waals surface area contributed by atoms with Gasteiger partial charge in [0.25, 0.3) is 0 Å². The first-order valence-corrected chi connectivity index (χ1v) is 7.11. The SMILES string of the molecule is CCCCCCCCC(CNC(=O)CC)C(=O)O. The fourth-order valence-corrected chi connectivity index (χ4v) is 1.85. The van der Waals surface area contributed by atoms with Crippen LogP contribution in [0.15, 0.2) is 0 Å². The van der Waals surface area contributed by atoms with Crippen molar-refractivity contribution < 1.29 is 14.7 Å². The number of amides is 1. The average molecular weight is 257 g/mol. The summed E-state index contributed by atoms with van der Waals surface area (Å²) >= 11 is 0. The molecule has 4 heteroatoms. The Hall–Kier alpha value is -1.06. The van der Waals surface area contributed by atoms with Gasteiger partial charge in [-0.05, 0) is 6.42 Å². The summed E-state index contributed by atoms with van der Waals surface area (Å²) in [6.07, 6.45) is 7.99. The van der Waals surface area contributed by atoms with Crippen LogP contribution in [0.1, 0.15) is 65.2 Å². The highest BCUT2D eigenvalue weighted by molar-refractivity contribution is 5.77. The second kappa shape index (κ2) is 11.1. The molecule has 2 N–H and O–H groups in total. The Morgan fingerprint density at radius 2 is 1.67 bits per heavy atom. The van der Waals surface area contributed by atoms with Crippen molar-refractivity contribution in [1.29, 1.82) is 0 Å². The Morgan fingerprint density at radius 3 is 2.22 bits per heavy atom. The maximum absolute atomic E-state index is 11.1. The lowest BCUT2D eigenvalue weighted by atomic mass is 10.00. The Kier molecular flexibility index (Phi) is 10.4. The third kappa shape index (κ3) is 9.02. The molecule has 0 saturated heterocycles. The summed E-state index contributed by atoms with van der Waals surface area (Å²) in [6.45, 7) is 4.20. The van der Waals surface area contributed by atoms with E-state index in [1.54, 1.807) is 6.92 Å². The number of carboxylic acids is 1. The molecule has 0 aliphatic carbocycles.